The molecule has 0 N–H and O–H groups in total. The van der Waals surface area contributed by atoms with E-state index in [0.717, 1.165) is 16.7 Å². The molecule has 0 saturated heterocycles. The molecule has 1 aromatic carbocycles. The second kappa shape index (κ2) is 6.82. The number of ether oxygens (including phenoxy) is 1. The van der Waals surface area contributed by atoms with E-state index in [0.29, 0.717) is 13.1 Å². The van der Waals surface area contributed by atoms with Gasteiger partial charge in [0.1, 0.15) is 0 Å². The Labute approximate surface area is 119 Å². The molecule has 1 heterocycles. The summed E-state index contributed by atoms with van der Waals surface area (Å²) in [5, 5.41) is 0. The molecule has 2 aromatic rings. The lowest BCUT2D eigenvalue weighted by Gasteiger charge is -2.15. The molecule has 0 unspecified atom stereocenters. The highest BCUT2D eigenvalue weighted by Gasteiger charge is 2.07. The summed E-state index contributed by atoms with van der Waals surface area (Å²) in [5.41, 5.74) is 3.39. The molecule has 0 spiro atoms. The standard InChI is InChI=1S/C16H18N2O2/c1-18(12-16(19)20-2)11-13-5-7-14(8-6-13)15-4-3-9-17-10-15/h3-10H,11-12H2,1-2H3. The molecular weight excluding hydrogens is 252 g/mol. The van der Waals surface area contributed by atoms with E-state index in [1.54, 1.807) is 6.20 Å². The van der Waals surface area contributed by atoms with Crippen LogP contribution in [-0.4, -0.2) is 36.6 Å². The molecule has 0 atom stereocenters. The minimum Gasteiger partial charge on any atom is -0.468 e. The number of aromatic nitrogens is 1. The van der Waals surface area contributed by atoms with Gasteiger partial charge in [-0.2, -0.15) is 0 Å². The van der Waals surface area contributed by atoms with Crippen molar-refractivity contribution in [2.24, 2.45) is 0 Å². The Hall–Kier alpha value is -2.20. The van der Waals surface area contributed by atoms with Crippen molar-refractivity contribution >= 4 is 5.97 Å². The zero-order chi connectivity index (χ0) is 14.4. The summed E-state index contributed by atoms with van der Waals surface area (Å²) in [6.07, 6.45) is 3.61. The van der Waals surface area contributed by atoms with E-state index in [4.69, 9.17) is 0 Å². The van der Waals surface area contributed by atoms with Gasteiger partial charge in [0, 0.05) is 18.9 Å². The van der Waals surface area contributed by atoms with E-state index < -0.39 is 0 Å². The third-order valence-electron chi connectivity index (χ3n) is 3.03. The molecule has 0 aliphatic heterocycles. The van der Waals surface area contributed by atoms with Gasteiger partial charge in [0.15, 0.2) is 0 Å². The van der Waals surface area contributed by atoms with Gasteiger partial charge in [0.05, 0.1) is 13.7 Å². The molecule has 0 bridgehead atoms. The molecule has 4 heteroatoms. The first-order chi connectivity index (χ1) is 9.69. The van der Waals surface area contributed by atoms with E-state index in [1.807, 2.05) is 30.3 Å². The van der Waals surface area contributed by atoms with Crippen molar-refractivity contribution in [3.05, 3.63) is 54.4 Å². The molecule has 2 rings (SSSR count). The van der Waals surface area contributed by atoms with Crippen molar-refractivity contribution in [2.75, 3.05) is 20.7 Å². The van der Waals surface area contributed by atoms with E-state index in [9.17, 15) is 4.79 Å². The third kappa shape index (κ3) is 3.90. The maximum Gasteiger partial charge on any atom is 0.319 e. The molecule has 4 nitrogen and oxygen atoms in total. The average molecular weight is 270 g/mol. The lowest BCUT2D eigenvalue weighted by Crippen LogP contribution is -2.26. The van der Waals surface area contributed by atoms with E-state index >= 15 is 0 Å². The Morgan fingerprint density at radius 2 is 1.95 bits per heavy atom. The zero-order valence-electron chi connectivity index (χ0n) is 11.7. The largest absolute Gasteiger partial charge is 0.468 e. The third-order valence-corrected chi connectivity index (χ3v) is 3.03. The van der Waals surface area contributed by atoms with Gasteiger partial charge in [-0.3, -0.25) is 14.7 Å². The van der Waals surface area contributed by atoms with Crippen LogP contribution < -0.4 is 0 Å². The van der Waals surface area contributed by atoms with Gasteiger partial charge in [-0.15, -0.1) is 0 Å². The van der Waals surface area contributed by atoms with Crippen molar-refractivity contribution in [3.63, 3.8) is 0 Å². The van der Waals surface area contributed by atoms with E-state index in [2.05, 4.69) is 34.0 Å². The Morgan fingerprint density at radius 1 is 1.20 bits per heavy atom. The summed E-state index contributed by atoms with van der Waals surface area (Å²) in [4.78, 5) is 17.2. The van der Waals surface area contributed by atoms with Gasteiger partial charge in [-0.1, -0.05) is 30.3 Å². The molecule has 0 aliphatic rings. The van der Waals surface area contributed by atoms with Crippen molar-refractivity contribution in [1.82, 2.24) is 9.88 Å². The lowest BCUT2D eigenvalue weighted by molar-refractivity contribution is -0.141. The summed E-state index contributed by atoms with van der Waals surface area (Å²) in [6.45, 7) is 1.00. The molecular formula is C16H18N2O2. The Kier molecular flexibility index (Phi) is 4.85. The van der Waals surface area contributed by atoms with Crippen LogP contribution in [0.4, 0.5) is 0 Å². The highest BCUT2D eigenvalue weighted by Crippen LogP contribution is 2.18. The molecule has 0 radical (unpaired) electrons. The van der Waals surface area contributed by atoms with Crippen LogP contribution in [-0.2, 0) is 16.1 Å². The maximum atomic E-state index is 11.2. The number of likely N-dealkylation sites (N-methyl/N-ethyl adjacent to an activating group) is 1. The predicted molar refractivity (Wildman–Crippen MR) is 78.0 cm³/mol. The molecule has 104 valence electrons. The van der Waals surface area contributed by atoms with Gasteiger partial charge < -0.3 is 4.74 Å². The van der Waals surface area contributed by atoms with Gasteiger partial charge in [-0.25, -0.2) is 0 Å². The number of carbonyl (C=O) groups excluding carboxylic acids is 1. The minimum atomic E-state index is -0.223. The van der Waals surface area contributed by atoms with Crippen LogP contribution in [0, 0.1) is 0 Å². The topological polar surface area (TPSA) is 42.4 Å². The summed E-state index contributed by atoms with van der Waals surface area (Å²) in [6, 6.07) is 12.2. The normalized spacial score (nSPS) is 10.6. The number of hydrogen-bond acceptors (Lipinski definition) is 4. The smallest absolute Gasteiger partial charge is 0.319 e. The van der Waals surface area contributed by atoms with Crippen LogP contribution in [0.25, 0.3) is 11.1 Å². The molecule has 0 fully saturated rings. The summed E-state index contributed by atoms with van der Waals surface area (Å²) in [7, 11) is 3.30. The predicted octanol–water partition coefficient (Wildman–Crippen LogP) is 2.35. The average Bonchev–Trinajstić information content (AvgIpc) is 2.48. The quantitative estimate of drug-likeness (QED) is 0.782. The molecule has 0 saturated carbocycles. The summed E-state index contributed by atoms with van der Waals surface area (Å²) in [5.74, 6) is -0.223. The second-order valence-corrected chi connectivity index (χ2v) is 4.69. The number of methoxy groups -OCH3 is 1. The Morgan fingerprint density at radius 3 is 2.55 bits per heavy atom. The maximum absolute atomic E-state index is 11.2. The monoisotopic (exact) mass is 270 g/mol. The number of esters is 1. The van der Waals surface area contributed by atoms with E-state index in [-0.39, 0.29) is 5.97 Å². The summed E-state index contributed by atoms with van der Waals surface area (Å²) < 4.78 is 4.65. The van der Waals surface area contributed by atoms with Crippen molar-refractivity contribution in [3.8, 4) is 11.1 Å². The van der Waals surface area contributed by atoms with Gasteiger partial charge in [-0.05, 0) is 29.8 Å². The molecule has 0 amide bonds. The molecule has 0 aliphatic carbocycles. The second-order valence-electron chi connectivity index (χ2n) is 4.69. The van der Waals surface area contributed by atoms with Gasteiger partial charge >= 0.3 is 5.97 Å². The van der Waals surface area contributed by atoms with Crippen LogP contribution in [0.3, 0.4) is 0 Å². The first-order valence-corrected chi connectivity index (χ1v) is 6.44. The number of carbonyl (C=O) groups is 1. The molecule has 1 aromatic heterocycles. The van der Waals surface area contributed by atoms with Gasteiger partial charge in [0.25, 0.3) is 0 Å². The SMILES string of the molecule is COC(=O)CN(C)Cc1ccc(-c2cccnc2)cc1. The highest BCUT2D eigenvalue weighted by atomic mass is 16.5. The van der Waals surface area contributed by atoms with Crippen LogP contribution in [0.15, 0.2) is 48.8 Å². The number of hydrogen-bond donors (Lipinski definition) is 0. The Bertz CT molecular complexity index is 552. The van der Waals surface area contributed by atoms with Crippen molar-refractivity contribution in [1.29, 1.82) is 0 Å². The number of benzene rings is 1. The van der Waals surface area contributed by atoms with Crippen molar-refractivity contribution < 1.29 is 9.53 Å². The number of nitrogens with zero attached hydrogens (tertiary/aromatic N) is 2. The zero-order valence-corrected chi connectivity index (χ0v) is 11.7. The highest BCUT2D eigenvalue weighted by molar-refractivity contribution is 5.71. The lowest BCUT2D eigenvalue weighted by atomic mass is 10.1. The van der Waals surface area contributed by atoms with Crippen LogP contribution in [0.5, 0.6) is 0 Å². The molecule has 20 heavy (non-hydrogen) atoms. The van der Waals surface area contributed by atoms with Crippen LogP contribution in [0.2, 0.25) is 0 Å². The fourth-order valence-electron chi connectivity index (χ4n) is 1.99. The summed E-state index contributed by atoms with van der Waals surface area (Å²) >= 11 is 0. The number of pyridine rings is 1. The van der Waals surface area contributed by atoms with Gasteiger partial charge in [0.2, 0.25) is 0 Å². The van der Waals surface area contributed by atoms with Crippen molar-refractivity contribution in [2.45, 2.75) is 6.54 Å². The number of rotatable bonds is 5. The first kappa shape index (κ1) is 14.2. The van der Waals surface area contributed by atoms with Crippen LogP contribution in [0.1, 0.15) is 5.56 Å². The fraction of sp³-hybridized carbons (Fsp3) is 0.250. The first-order valence-electron chi connectivity index (χ1n) is 6.44. The van der Waals surface area contributed by atoms with E-state index in [1.165, 1.54) is 7.11 Å². The van der Waals surface area contributed by atoms with Crippen LogP contribution >= 0.6 is 0 Å². The Balaban J connectivity index is 2.00. The fourth-order valence-corrected chi connectivity index (χ4v) is 1.99. The minimum absolute atomic E-state index is 0.223.